The number of esters is 2. The van der Waals surface area contributed by atoms with E-state index in [1.807, 2.05) is 0 Å². The highest BCUT2D eigenvalue weighted by molar-refractivity contribution is 5.67. The average molecular weight is 174 g/mol. The summed E-state index contributed by atoms with van der Waals surface area (Å²) in [6, 6.07) is 0. The van der Waals surface area contributed by atoms with Gasteiger partial charge in [0.05, 0.1) is 0 Å². The van der Waals surface area contributed by atoms with E-state index in [1.165, 1.54) is 13.8 Å². The molecule has 0 aliphatic heterocycles. The van der Waals surface area contributed by atoms with Crippen molar-refractivity contribution >= 4 is 11.9 Å². The van der Waals surface area contributed by atoms with Crippen LogP contribution >= 0.6 is 0 Å². The predicted molar refractivity (Wildman–Crippen MR) is 42.5 cm³/mol. The van der Waals surface area contributed by atoms with Crippen LogP contribution in [0.3, 0.4) is 0 Å². The Morgan fingerprint density at radius 3 is 1.33 bits per heavy atom. The van der Waals surface area contributed by atoms with E-state index < -0.39 is 12.2 Å². The van der Waals surface area contributed by atoms with Crippen LogP contribution in [0.5, 0.6) is 0 Å². The smallest absolute Gasteiger partial charge is 0.303 e. The zero-order chi connectivity index (χ0) is 9.72. The largest absolute Gasteiger partial charge is 0.459 e. The topological polar surface area (TPSA) is 52.6 Å². The zero-order valence-electron chi connectivity index (χ0n) is 7.79. The van der Waals surface area contributed by atoms with Crippen molar-refractivity contribution in [1.29, 1.82) is 0 Å². The fourth-order valence-corrected chi connectivity index (χ4v) is 0.715. The molecule has 12 heavy (non-hydrogen) atoms. The highest BCUT2D eigenvalue weighted by atomic mass is 16.6. The average Bonchev–Trinajstić information content (AvgIpc) is 1.84. The van der Waals surface area contributed by atoms with E-state index in [-0.39, 0.29) is 11.9 Å². The fraction of sp³-hybridized carbons (Fsp3) is 0.750. The Morgan fingerprint density at radius 1 is 0.917 bits per heavy atom. The normalized spacial score (nSPS) is 14.7. The van der Waals surface area contributed by atoms with E-state index in [1.54, 1.807) is 13.8 Å². The Balaban J connectivity index is 3.83. The molecule has 0 unspecified atom stereocenters. The summed E-state index contributed by atoms with van der Waals surface area (Å²) in [6.45, 7) is 5.98. The lowest BCUT2D eigenvalue weighted by atomic mass is 10.2. The monoisotopic (exact) mass is 174 g/mol. The van der Waals surface area contributed by atoms with Crippen LogP contribution in [-0.2, 0) is 19.1 Å². The maximum Gasteiger partial charge on any atom is 0.303 e. The number of ether oxygens (including phenoxy) is 2. The van der Waals surface area contributed by atoms with Crippen molar-refractivity contribution in [2.24, 2.45) is 0 Å². The standard InChI is InChI=1S/C8H14O4/c1-5(11-7(3)9)6(2)12-8(4)10/h5-6H,1-4H3/t5-,6-/m1/s1. The summed E-state index contributed by atoms with van der Waals surface area (Å²) in [7, 11) is 0. The quantitative estimate of drug-likeness (QED) is 0.596. The van der Waals surface area contributed by atoms with Crippen LogP contribution in [0, 0.1) is 0 Å². The minimum Gasteiger partial charge on any atom is -0.459 e. The molecule has 0 aliphatic carbocycles. The summed E-state index contributed by atoms with van der Waals surface area (Å²) < 4.78 is 9.59. The second-order valence-electron chi connectivity index (χ2n) is 2.63. The van der Waals surface area contributed by atoms with Gasteiger partial charge >= 0.3 is 11.9 Å². The van der Waals surface area contributed by atoms with E-state index in [9.17, 15) is 9.59 Å². The van der Waals surface area contributed by atoms with Crippen LogP contribution in [0.2, 0.25) is 0 Å². The molecule has 0 saturated heterocycles. The van der Waals surface area contributed by atoms with E-state index in [4.69, 9.17) is 9.47 Å². The van der Waals surface area contributed by atoms with Gasteiger partial charge in [0, 0.05) is 13.8 Å². The zero-order valence-corrected chi connectivity index (χ0v) is 7.79. The number of hydrogen-bond donors (Lipinski definition) is 0. The molecule has 0 aromatic heterocycles. The number of carbonyl (C=O) groups is 2. The minimum atomic E-state index is -0.397. The third kappa shape index (κ3) is 4.71. The van der Waals surface area contributed by atoms with Gasteiger partial charge in [0.25, 0.3) is 0 Å². The van der Waals surface area contributed by atoms with E-state index in [2.05, 4.69) is 0 Å². The maximum absolute atomic E-state index is 10.5. The van der Waals surface area contributed by atoms with Crippen molar-refractivity contribution in [3.05, 3.63) is 0 Å². The third-order valence-corrected chi connectivity index (χ3v) is 1.36. The lowest BCUT2D eigenvalue weighted by molar-refractivity contribution is -0.162. The van der Waals surface area contributed by atoms with Gasteiger partial charge in [-0.15, -0.1) is 0 Å². The first-order valence-electron chi connectivity index (χ1n) is 3.78. The first-order chi connectivity index (χ1) is 5.43. The Labute approximate surface area is 71.8 Å². The van der Waals surface area contributed by atoms with Gasteiger partial charge in [-0.2, -0.15) is 0 Å². The Morgan fingerprint density at radius 2 is 1.17 bits per heavy atom. The fourth-order valence-electron chi connectivity index (χ4n) is 0.715. The van der Waals surface area contributed by atoms with Crippen molar-refractivity contribution in [1.82, 2.24) is 0 Å². The molecule has 4 heteroatoms. The van der Waals surface area contributed by atoms with Crippen molar-refractivity contribution in [2.45, 2.75) is 39.9 Å². The molecule has 0 bridgehead atoms. The SMILES string of the molecule is CC(=O)O[C@H](C)[C@@H](C)OC(C)=O. The highest BCUT2D eigenvalue weighted by Gasteiger charge is 2.16. The minimum absolute atomic E-state index is 0.374. The van der Waals surface area contributed by atoms with E-state index in [0.717, 1.165) is 0 Å². The lowest BCUT2D eigenvalue weighted by Crippen LogP contribution is -2.29. The highest BCUT2D eigenvalue weighted by Crippen LogP contribution is 2.03. The Hall–Kier alpha value is -1.06. The summed E-state index contributed by atoms with van der Waals surface area (Å²) >= 11 is 0. The second kappa shape index (κ2) is 4.74. The van der Waals surface area contributed by atoms with Crippen molar-refractivity contribution in [3.63, 3.8) is 0 Å². The molecule has 0 aromatic rings. The van der Waals surface area contributed by atoms with E-state index in [0.29, 0.717) is 0 Å². The summed E-state index contributed by atoms with van der Waals surface area (Å²) in [5.41, 5.74) is 0. The molecule has 0 heterocycles. The van der Waals surface area contributed by atoms with Crippen LogP contribution in [0.4, 0.5) is 0 Å². The first kappa shape index (κ1) is 10.9. The molecule has 0 saturated carbocycles. The summed E-state index contributed by atoms with van der Waals surface area (Å²) in [6.07, 6.45) is -0.794. The van der Waals surface area contributed by atoms with Gasteiger partial charge in [0.2, 0.25) is 0 Å². The van der Waals surface area contributed by atoms with Gasteiger partial charge in [-0.25, -0.2) is 0 Å². The van der Waals surface area contributed by atoms with Crippen LogP contribution in [0.15, 0.2) is 0 Å². The van der Waals surface area contributed by atoms with Crippen LogP contribution in [0.1, 0.15) is 27.7 Å². The summed E-state index contributed by atoms with van der Waals surface area (Å²) in [5, 5.41) is 0. The first-order valence-corrected chi connectivity index (χ1v) is 3.78. The Kier molecular flexibility index (Phi) is 4.33. The maximum atomic E-state index is 10.5. The van der Waals surface area contributed by atoms with Crippen LogP contribution in [0.25, 0.3) is 0 Å². The molecule has 0 radical (unpaired) electrons. The molecule has 0 aromatic carbocycles. The van der Waals surface area contributed by atoms with E-state index >= 15 is 0 Å². The predicted octanol–water partition coefficient (Wildman–Crippen LogP) is 0.890. The molecular formula is C8H14O4. The van der Waals surface area contributed by atoms with Crippen molar-refractivity contribution in [2.75, 3.05) is 0 Å². The van der Waals surface area contributed by atoms with Crippen molar-refractivity contribution in [3.8, 4) is 0 Å². The third-order valence-electron chi connectivity index (χ3n) is 1.36. The Bertz CT molecular complexity index is 156. The van der Waals surface area contributed by atoms with Gasteiger partial charge < -0.3 is 9.47 Å². The second-order valence-corrected chi connectivity index (χ2v) is 2.63. The van der Waals surface area contributed by atoms with Gasteiger partial charge in [-0.1, -0.05) is 0 Å². The van der Waals surface area contributed by atoms with Gasteiger partial charge in [0.15, 0.2) is 0 Å². The molecule has 0 amide bonds. The molecule has 0 N–H and O–H groups in total. The molecule has 70 valence electrons. The van der Waals surface area contributed by atoms with Gasteiger partial charge in [-0.3, -0.25) is 9.59 Å². The molecule has 0 aliphatic rings. The molecule has 0 rings (SSSR count). The lowest BCUT2D eigenvalue weighted by Gasteiger charge is -2.18. The summed E-state index contributed by atoms with van der Waals surface area (Å²) in [5.74, 6) is -0.747. The van der Waals surface area contributed by atoms with Crippen LogP contribution in [-0.4, -0.2) is 24.1 Å². The summed E-state index contributed by atoms with van der Waals surface area (Å²) in [4.78, 5) is 21.0. The number of hydrogen-bond acceptors (Lipinski definition) is 4. The molecule has 4 nitrogen and oxygen atoms in total. The van der Waals surface area contributed by atoms with Crippen LogP contribution < -0.4 is 0 Å². The molecule has 0 fully saturated rings. The number of carbonyl (C=O) groups excluding carboxylic acids is 2. The molecular weight excluding hydrogens is 160 g/mol. The molecule has 2 atom stereocenters. The van der Waals surface area contributed by atoms with Gasteiger partial charge in [-0.05, 0) is 13.8 Å². The van der Waals surface area contributed by atoms with Gasteiger partial charge in [0.1, 0.15) is 12.2 Å². The van der Waals surface area contributed by atoms with Crippen molar-refractivity contribution < 1.29 is 19.1 Å². The molecule has 0 spiro atoms. The number of rotatable bonds is 3.